The van der Waals surface area contributed by atoms with Gasteiger partial charge in [-0.15, -0.1) is 0 Å². The smallest absolute Gasteiger partial charge is 0.361 e. The normalized spacial score (nSPS) is 14.8. The Bertz CT molecular complexity index is 697. The summed E-state index contributed by atoms with van der Waals surface area (Å²) in [5, 5.41) is 0. The van der Waals surface area contributed by atoms with E-state index in [4.69, 9.17) is 9.47 Å². The van der Waals surface area contributed by atoms with Gasteiger partial charge in [0.25, 0.3) is 0 Å². The van der Waals surface area contributed by atoms with Crippen LogP contribution in [-0.4, -0.2) is 30.6 Å². The van der Waals surface area contributed by atoms with Crippen LogP contribution in [0.4, 0.5) is 0 Å². The highest BCUT2D eigenvalue weighted by atomic mass is 35.5. The van der Waals surface area contributed by atoms with Crippen molar-refractivity contribution in [1.82, 2.24) is 0 Å². The fourth-order valence-electron chi connectivity index (χ4n) is 4.18. The molecule has 0 bridgehead atoms. The predicted molar refractivity (Wildman–Crippen MR) is 126 cm³/mol. The molecule has 3 nitrogen and oxygen atoms in total. The summed E-state index contributed by atoms with van der Waals surface area (Å²) in [5.74, 6) is 0.175. The van der Waals surface area contributed by atoms with Gasteiger partial charge in [0.05, 0.1) is 26.6 Å². The van der Waals surface area contributed by atoms with Crippen molar-refractivity contribution >= 4 is 0 Å². The Morgan fingerprint density at radius 3 is 1.94 bits per heavy atom. The molecule has 2 unspecified atom stereocenters. The van der Waals surface area contributed by atoms with E-state index < -0.39 is 5.91 Å². The zero-order valence-electron chi connectivity index (χ0n) is 20.0. The fourth-order valence-corrected chi connectivity index (χ4v) is 4.18. The lowest BCUT2D eigenvalue weighted by atomic mass is 10.0. The Morgan fingerprint density at radius 1 is 0.774 bits per heavy atom. The second-order valence-electron chi connectivity index (χ2n) is 8.43. The molecular formula is C27H42ClNO2. The van der Waals surface area contributed by atoms with Crippen LogP contribution in [0.5, 0.6) is 5.75 Å². The third-order valence-corrected chi connectivity index (χ3v) is 6.13. The fraction of sp³-hybridized carbons (Fsp3) is 0.556. The standard InChI is InChI=1S/C27H42NO2.ClH/c1-5-8-9-10-11-18-23-27(29-7-3,30-26-21-16-13-17-22-26)28(4,6-2)24-25-19-14-12-15-20-25;/h12-17,19-22H,5-11,18,23-24H2,1-4H3;1H/q+1;/p-1. The van der Waals surface area contributed by atoms with Crippen LogP contribution in [0.15, 0.2) is 60.7 Å². The topological polar surface area (TPSA) is 18.5 Å². The third-order valence-electron chi connectivity index (χ3n) is 6.13. The first-order valence-electron chi connectivity index (χ1n) is 11.9. The first-order chi connectivity index (χ1) is 14.6. The van der Waals surface area contributed by atoms with Crippen molar-refractivity contribution in [2.45, 2.75) is 78.2 Å². The van der Waals surface area contributed by atoms with Gasteiger partial charge in [0.2, 0.25) is 0 Å². The lowest BCUT2D eigenvalue weighted by molar-refractivity contribution is -1.02. The molecule has 0 aliphatic carbocycles. The van der Waals surface area contributed by atoms with Crippen LogP contribution in [-0.2, 0) is 11.3 Å². The maximum atomic E-state index is 6.75. The van der Waals surface area contributed by atoms with Crippen molar-refractivity contribution in [2.24, 2.45) is 0 Å². The summed E-state index contributed by atoms with van der Waals surface area (Å²) >= 11 is 0. The largest absolute Gasteiger partial charge is 1.00 e. The molecule has 0 aliphatic rings. The number of hydrogen-bond acceptors (Lipinski definition) is 2. The number of ether oxygens (including phenoxy) is 2. The first kappa shape index (κ1) is 27.5. The Labute approximate surface area is 196 Å². The molecule has 0 N–H and O–H groups in total. The zero-order chi connectivity index (χ0) is 21.7. The van der Waals surface area contributed by atoms with E-state index in [-0.39, 0.29) is 12.4 Å². The summed E-state index contributed by atoms with van der Waals surface area (Å²) in [5.41, 5.74) is 1.31. The Balaban J connectivity index is 0.00000480. The molecule has 31 heavy (non-hydrogen) atoms. The van der Waals surface area contributed by atoms with Crippen molar-refractivity contribution in [1.29, 1.82) is 0 Å². The van der Waals surface area contributed by atoms with Gasteiger partial charge in [-0.25, -0.2) is 0 Å². The van der Waals surface area contributed by atoms with E-state index in [9.17, 15) is 0 Å². The van der Waals surface area contributed by atoms with Gasteiger partial charge in [0.1, 0.15) is 12.3 Å². The summed E-state index contributed by atoms with van der Waals surface area (Å²) in [7, 11) is 2.28. The monoisotopic (exact) mass is 447 g/mol. The van der Waals surface area contributed by atoms with E-state index in [0.29, 0.717) is 11.1 Å². The Kier molecular flexibility index (Phi) is 12.9. The van der Waals surface area contributed by atoms with Gasteiger partial charge in [-0.3, -0.25) is 9.22 Å². The minimum absolute atomic E-state index is 0. The van der Waals surface area contributed by atoms with Crippen molar-refractivity contribution in [3.05, 3.63) is 66.2 Å². The van der Waals surface area contributed by atoms with Crippen LogP contribution >= 0.6 is 0 Å². The minimum atomic E-state index is -0.703. The van der Waals surface area contributed by atoms with Crippen LogP contribution < -0.4 is 17.1 Å². The highest BCUT2D eigenvalue weighted by molar-refractivity contribution is 5.21. The molecule has 2 rings (SSSR count). The molecule has 2 aromatic rings. The predicted octanol–water partition coefficient (Wildman–Crippen LogP) is 4.18. The van der Waals surface area contributed by atoms with Gasteiger partial charge in [-0.05, 0) is 32.4 Å². The number of rotatable bonds is 15. The van der Waals surface area contributed by atoms with Gasteiger partial charge >= 0.3 is 5.91 Å². The molecule has 0 heterocycles. The molecule has 0 radical (unpaired) electrons. The quantitative estimate of drug-likeness (QED) is 0.231. The van der Waals surface area contributed by atoms with Gasteiger partial charge in [0.15, 0.2) is 0 Å². The average molecular weight is 448 g/mol. The van der Waals surface area contributed by atoms with E-state index in [1.165, 1.54) is 37.7 Å². The molecule has 4 heteroatoms. The second-order valence-corrected chi connectivity index (χ2v) is 8.43. The maximum Gasteiger partial charge on any atom is 0.361 e. The van der Waals surface area contributed by atoms with E-state index in [1.807, 2.05) is 30.3 Å². The van der Waals surface area contributed by atoms with Crippen LogP contribution in [0.25, 0.3) is 0 Å². The van der Waals surface area contributed by atoms with Crippen molar-refractivity contribution in [3.63, 3.8) is 0 Å². The number of unbranched alkanes of at least 4 members (excludes halogenated alkanes) is 5. The third kappa shape index (κ3) is 8.14. The summed E-state index contributed by atoms with van der Waals surface area (Å²) in [6.07, 6.45) is 8.44. The Hall–Kier alpha value is -1.55. The van der Waals surface area contributed by atoms with Gasteiger partial charge in [0, 0.05) is 5.56 Å². The van der Waals surface area contributed by atoms with E-state index in [2.05, 4.69) is 58.2 Å². The van der Waals surface area contributed by atoms with Gasteiger partial charge in [-0.1, -0.05) is 87.6 Å². The number of quaternary nitrogens is 1. The zero-order valence-corrected chi connectivity index (χ0v) is 20.7. The van der Waals surface area contributed by atoms with Crippen molar-refractivity contribution in [2.75, 3.05) is 20.2 Å². The second kappa shape index (κ2) is 14.5. The summed E-state index contributed by atoms with van der Waals surface area (Å²) in [6, 6.07) is 20.9. The van der Waals surface area contributed by atoms with E-state index in [1.54, 1.807) is 0 Å². The lowest BCUT2D eigenvalue weighted by Gasteiger charge is -2.48. The molecule has 2 aromatic carbocycles. The summed E-state index contributed by atoms with van der Waals surface area (Å²) in [4.78, 5) is 0. The molecule has 0 saturated carbocycles. The van der Waals surface area contributed by atoms with Gasteiger partial charge in [-0.2, -0.15) is 0 Å². The molecule has 2 atom stereocenters. The van der Waals surface area contributed by atoms with Crippen molar-refractivity contribution in [3.8, 4) is 5.75 Å². The molecule has 0 amide bonds. The minimum Gasteiger partial charge on any atom is -1.00 e. The molecule has 0 aromatic heterocycles. The molecule has 0 fully saturated rings. The van der Waals surface area contributed by atoms with Crippen LogP contribution in [0, 0.1) is 0 Å². The number of nitrogens with zero attached hydrogens (tertiary/aromatic N) is 1. The lowest BCUT2D eigenvalue weighted by Crippen LogP contribution is -3.00. The number of halogens is 1. The molecule has 174 valence electrons. The molecule has 0 spiro atoms. The van der Waals surface area contributed by atoms with E-state index in [0.717, 1.165) is 31.7 Å². The van der Waals surface area contributed by atoms with E-state index >= 15 is 0 Å². The summed E-state index contributed by atoms with van der Waals surface area (Å²) in [6.45, 7) is 9.02. The highest BCUT2D eigenvalue weighted by Crippen LogP contribution is 2.35. The number of benzene rings is 2. The molecule has 0 aliphatic heterocycles. The highest BCUT2D eigenvalue weighted by Gasteiger charge is 2.51. The number of para-hydroxylation sites is 1. The van der Waals surface area contributed by atoms with Crippen LogP contribution in [0.2, 0.25) is 0 Å². The summed E-state index contributed by atoms with van der Waals surface area (Å²) < 4.78 is 14.0. The molecular weight excluding hydrogens is 406 g/mol. The van der Waals surface area contributed by atoms with Crippen LogP contribution in [0.3, 0.4) is 0 Å². The maximum absolute atomic E-state index is 6.75. The van der Waals surface area contributed by atoms with Crippen molar-refractivity contribution < 1.29 is 26.4 Å². The Morgan fingerprint density at radius 2 is 1.35 bits per heavy atom. The molecule has 0 saturated heterocycles. The first-order valence-corrected chi connectivity index (χ1v) is 11.9. The number of hydrogen-bond donors (Lipinski definition) is 0. The average Bonchev–Trinajstić information content (AvgIpc) is 2.77. The van der Waals surface area contributed by atoms with Gasteiger partial charge < -0.3 is 17.1 Å². The van der Waals surface area contributed by atoms with Crippen LogP contribution in [0.1, 0.15) is 71.3 Å². The SMILES string of the molecule is CCCCCCCCC(OCC)(Oc1ccccc1)[N+](C)(CC)Cc1ccccc1.[Cl-].